The fourth-order valence-corrected chi connectivity index (χ4v) is 3.26. The summed E-state index contributed by atoms with van der Waals surface area (Å²) in [6, 6.07) is 14.5. The second-order valence-electron chi connectivity index (χ2n) is 6.47. The highest BCUT2D eigenvalue weighted by Crippen LogP contribution is 2.23. The highest BCUT2D eigenvalue weighted by atomic mass is 19.1. The van der Waals surface area contributed by atoms with Crippen molar-refractivity contribution >= 4 is 16.9 Å². The molecule has 4 nitrogen and oxygen atoms in total. The smallest absolute Gasteiger partial charge is 0.340 e. The molecule has 3 aromatic rings. The van der Waals surface area contributed by atoms with E-state index in [0.717, 1.165) is 21.4 Å². The summed E-state index contributed by atoms with van der Waals surface area (Å²) in [7, 11) is 3.33. The van der Waals surface area contributed by atoms with Crippen LogP contribution in [0.3, 0.4) is 0 Å². The third-order valence-corrected chi connectivity index (χ3v) is 4.54. The molecule has 0 aliphatic heterocycles. The van der Waals surface area contributed by atoms with Crippen molar-refractivity contribution in [2.45, 2.75) is 20.0 Å². The molecule has 0 aliphatic rings. The molecule has 1 N–H and O–H groups in total. The molecule has 0 bridgehead atoms. The van der Waals surface area contributed by atoms with E-state index < -0.39 is 5.97 Å². The van der Waals surface area contributed by atoms with Crippen LogP contribution in [0.1, 0.15) is 27.2 Å². The fourth-order valence-electron chi connectivity index (χ4n) is 3.26. The molecule has 0 saturated carbocycles. The minimum atomic E-state index is -0.394. The van der Waals surface area contributed by atoms with Crippen molar-refractivity contribution < 1.29 is 18.8 Å². The van der Waals surface area contributed by atoms with E-state index in [1.54, 1.807) is 12.1 Å². The van der Waals surface area contributed by atoms with Gasteiger partial charge in [0.2, 0.25) is 0 Å². The number of quaternary nitrogens is 1. The lowest BCUT2D eigenvalue weighted by molar-refractivity contribution is -0.908. The first-order valence-electron chi connectivity index (χ1n) is 8.52. The molecule has 1 atom stereocenters. The zero-order chi connectivity index (χ0) is 18.7. The van der Waals surface area contributed by atoms with E-state index in [2.05, 4.69) is 0 Å². The van der Waals surface area contributed by atoms with E-state index >= 15 is 0 Å². The van der Waals surface area contributed by atoms with Crippen LogP contribution in [0.15, 0.2) is 48.5 Å². The van der Waals surface area contributed by atoms with Crippen LogP contribution in [0.4, 0.5) is 4.39 Å². The van der Waals surface area contributed by atoms with Crippen LogP contribution in [0.2, 0.25) is 0 Å². The maximum Gasteiger partial charge on any atom is 0.340 e. The predicted octanol–water partition coefficient (Wildman–Crippen LogP) is 2.68. The number of carbonyl (C=O) groups is 1. The Morgan fingerprint density at radius 3 is 2.54 bits per heavy atom. The summed E-state index contributed by atoms with van der Waals surface area (Å²) in [6.45, 7) is 2.90. The molecule has 0 spiro atoms. The molecule has 3 rings (SSSR count). The lowest BCUT2D eigenvalue weighted by atomic mass is 10.0. The van der Waals surface area contributed by atoms with Crippen molar-refractivity contribution in [2.24, 2.45) is 0 Å². The summed E-state index contributed by atoms with van der Waals surface area (Å²) < 4.78 is 18.9. The van der Waals surface area contributed by atoms with Gasteiger partial charge in [0.25, 0.3) is 0 Å². The number of halogens is 1. The number of pyridine rings is 1. The van der Waals surface area contributed by atoms with Gasteiger partial charge in [-0.25, -0.2) is 14.2 Å². The molecule has 1 heterocycles. The zero-order valence-electron chi connectivity index (χ0n) is 15.2. The Balaban J connectivity index is 1.98. The van der Waals surface area contributed by atoms with Gasteiger partial charge in [-0.1, -0.05) is 36.4 Å². The number of fused-ring (bicyclic) bond motifs is 1. The number of nitrogens with zero attached hydrogens (tertiary/aromatic N) is 1. The van der Waals surface area contributed by atoms with Crippen molar-refractivity contribution in [1.29, 1.82) is 0 Å². The molecule has 26 heavy (non-hydrogen) atoms. The number of nitrogens with one attached hydrogen (secondary N) is 1. The number of hydrogen-bond donors (Lipinski definition) is 1. The molecule has 0 radical (unpaired) electrons. The van der Waals surface area contributed by atoms with E-state index in [-0.39, 0.29) is 5.82 Å². The van der Waals surface area contributed by atoms with Crippen LogP contribution < -0.4 is 4.90 Å². The van der Waals surface area contributed by atoms with Crippen molar-refractivity contribution in [3.8, 4) is 0 Å². The average Bonchev–Trinajstić information content (AvgIpc) is 2.63. The second kappa shape index (κ2) is 7.62. The quantitative estimate of drug-likeness (QED) is 0.717. The van der Waals surface area contributed by atoms with Gasteiger partial charge < -0.3 is 9.64 Å². The van der Waals surface area contributed by atoms with Crippen molar-refractivity contribution in [2.75, 3.05) is 14.2 Å². The van der Waals surface area contributed by atoms with Crippen molar-refractivity contribution in [3.05, 3.63) is 76.7 Å². The minimum absolute atomic E-state index is 0.220. The third kappa shape index (κ3) is 3.58. The second-order valence-corrected chi connectivity index (χ2v) is 6.47. The number of aryl methyl sites for hydroxylation is 1. The van der Waals surface area contributed by atoms with E-state index in [9.17, 15) is 9.18 Å². The predicted molar refractivity (Wildman–Crippen MR) is 98.5 cm³/mol. The number of aromatic nitrogens is 1. The van der Waals surface area contributed by atoms with Crippen LogP contribution in [-0.2, 0) is 17.8 Å². The molecule has 1 unspecified atom stereocenters. The van der Waals surface area contributed by atoms with Gasteiger partial charge in [0.05, 0.1) is 25.2 Å². The lowest BCUT2D eigenvalue weighted by Gasteiger charge is -2.18. The van der Waals surface area contributed by atoms with Gasteiger partial charge in [-0.05, 0) is 24.6 Å². The van der Waals surface area contributed by atoms with E-state index in [1.165, 1.54) is 13.2 Å². The zero-order valence-corrected chi connectivity index (χ0v) is 15.2. The van der Waals surface area contributed by atoms with Gasteiger partial charge in [0.1, 0.15) is 24.6 Å². The van der Waals surface area contributed by atoms with Gasteiger partial charge in [-0.15, -0.1) is 0 Å². The number of carbonyl (C=O) groups excluding carboxylic acids is 1. The van der Waals surface area contributed by atoms with Crippen LogP contribution >= 0.6 is 0 Å². The standard InChI is InChI=1S/C21H21FN2O2/c1-14-16-9-5-7-11-18(16)23-19(20(14)21(25)26-3)13-24(2)12-15-8-4-6-10-17(15)22/h4-11H,12-13H2,1-3H3/p+1. The molecular formula is C21H22FN2O2+. The molecule has 1 aromatic heterocycles. The monoisotopic (exact) mass is 353 g/mol. The number of esters is 1. The Hall–Kier alpha value is -2.79. The first-order chi connectivity index (χ1) is 12.5. The van der Waals surface area contributed by atoms with Gasteiger partial charge in [-0.3, -0.25) is 0 Å². The Morgan fingerprint density at radius 1 is 1.12 bits per heavy atom. The fraction of sp³-hybridized carbons (Fsp3) is 0.238. The number of hydrogen-bond acceptors (Lipinski definition) is 3. The molecule has 0 aliphatic carbocycles. The molecule has 0 saturated heterocycles. The van der Waals surface area contributed by atoms with Crippen molar-refractivity contribution in [1.82, 2.24) is 4.98 Å². The largest absolute Gasteiger partial charge is 0.465 e. The van der Waals surface area contributed by atoms with Gasteiger partial charge in [-0.2, -0.15) is 0 Å². The molecule has 5 heteroatoms. The van der Waals surface area contributed by atoms with Gasteiger partial charge >= 0.3 is 5.97 Å². The number of methoxy groups -OCH3 is 1. The Morgan fingerprint density at radius 2 is 1.81 bits per heavy atom. The van der Waals surface area contributed by atoms with E-state index in [4.69, 9.17) is 9.72 Å². The highest BCUT2D eigenvalue weighted by Gasteiger charge is 2.22. The highest BCUT2D eigenvalue weighted by molar-refractivity contribution is 5.98. The van der Waals surface area contributed by atoms with E-state index in [0.29, 0.717) is 29.9 Å². The van der Waals surface area contributed by atoms with E-state index in [1.807, 2.05) is 44.3 Å². The first kappa shape index (κ1) is 18.0. The van der Waals surface area contributed by atoms with Crippen LogP contribution in [0.25, 0.3) is 10.9 Å². The number of benzene rings is 2. The number of ether oxygens (including phenoxy) is 1. The third-order valence-electron chi connectivity index (χ3n) is 4.54. The minimum Gasteiger partial charge on any atom is -0.465 e. The summed E-state index contributed by atoms with van der Waals surface area (Å²) in [5.74, 6) is -0.614. The van der Waals surface area contributed by atoms with Crippen molar-refractivity contribution in [3.63, 3.8) is 0 Å². The SMILES string of the molecule is COC(=O)c1c(C[NH+](C)Cc2ccccc2F)nc2ccccc2c1C. The molecule has 0 amide bonds. The summed E-state index contributed by atoms with van der Waals surface area (Å²) >= 11 is 0. The summed E-state index contributed by atoms with van der Waals surface area (Å²) in [4.78, 5) is 18.1. The normalized spacial score (nSPS) is 12.2. The summed E-state index contributed by atoms with van der Waals surface area (Å²) in [5, 5.41) is 0.934. The van der Waals surface area contributed by atoms with Crippen LogP contribution in [0.5, 0.6) is 0 Å². The topological polar surface area (TPSA) is 43.6 Å². The maximum absolute atomic E-state index is 13.9. The van der Waals surface area contributed by atoms with Gasteiger partial charge in [0, 0.05) is 10.9 Å². The molecule has 2 aromatic carbocycles. The Kier molecular flexibility index (Phi) is 5.28. The molecule has 0 fully saturated rings. The lowest BCUT2D eigenvalue weighted by Crippen LogP contribution is -3.06. The molecular weight excluding hydrogens is 331 g/mol. The first-order valence-corrected chi connectivity index (χ1v) is 8.52. The summed E-state index contributed by atoms with van der Waals surface area (Å²) in [5.41, 5.74) is 3.51. The Labute approximate surface area is 152 Å². The maximum atomic E-state index is 13.9. The number of para-hydroxylation sites is 1. The Bertz CT molecular complexity index is 956. The molecule has 134 valence electrons. The summed E-state index contributed by atoms with van der Waals surface area (Å²) in [6.07, 6.45) is 0. The average molecular weight is 353 g/mol. The van der Waals surface area contributed by atoms with Crippen LogP contribution in [0, 0.1) is 12.7 Å². The van der Waals surface area contributed by atoms with Gasteiger partial charge in [0.15, 0.2) is 0 Å². The number of rotatable bonds is 5. The van der Waals surface area contributed by atoms with Crippen LogP contribution in [-0.4, -0.2) is 25.1 Å².